The molecule has 1 N–H and O–H groups in total. The van der Waals surface area contributed by atoms with Gasteiger partial charge in [0.15, 0.2) is 0 Å². The number of carbonyl (C=O) groups excluding carboxylic acids is 2. The van der Waals surface area contributed by atoms with Gasteiger partial charge in [-0.2, -0.15) is 0 Å². The lowest BCUT2D eigenvalue weighted by atomic mass is 10.0. The number of fused-ring (bicyclic) bond motifs is 1. The molecular formula is C7H7NO3. The summed E-state index contributed by atoms with van der Waals surface area (Å²) in [4.78, 5) is 21.5. The van der Waals surface area contributed by atoms with Gasteiger partial charge in [-0.25, -0.2) is 4.79 Å². The van der Waals surface area contributed by atoms with Crippen LogP contribution in [0.1, 0.15) is 12.8 Å². The van der Waals surface area contributed by atoms with Crippen LogP contribution in [0.5, 0.6) is 0 Å². The molecular weight excluding hydrogens is 146 g/mol. The normalized spacial score (nSPS) is 28.7. The van der Waals surface area contributed by atoms with E-state index in [4.69, 9.17) is 4.74 Å². The molecule has 2 rings (SSSR count). The van der Waals surface area contributed by atoms with Crippen LogP contribution < -0.4 is 5.32 Å². The molecule has 4 nitrogen and oxygen atoms in total. The van der Waals surface area contributed by atoms with Gasteiger partial charge in [0.05, 0.1) is 6.04 Å². The van der Waals surface area contributed by atoms with Gasteiger partial charge in [0.1, 0.15) is 11.5 Å². The smallest absolute Gasteiger partial charge is 0.412 e. The Kier molecular flexibility index (Phi) is 1.21. The highest BCUT2D eigenvalue weighted by Gasteiger charge is 2.32. The molecule has 1 fully saturated rings. The molecule has 0 radical (unpaired) electrons. The van der Waals surface area contributed by atoms with Gasteiger partial charge in [0.25, 0.3) is 0 Å². The Balaban J connectivity index is 2.23. The molecule has 0 bridgehead atoms. The van der Waals surface area contributed by atoms with Crippen LogP contribution in [0, 0.1) is 0 Å². The highest BCUT2D eigenvalue weighted by Crippen LogP contribution is 2.21. The van der Waals surface area contributed by atoms with Crippen molar-refractivity contribution in [3.05, 3.63) is 11.8 Å². The molecule has 1 aliphatic carbocycles. The van der Waals surface area contributed by atoms with Gasteiger partial charge in [-0.3, -0.25) is 4.79 Å². The summed E-state index contributed by atoms with van der Waals surface area (Å²) in [6.45, 7) is 0. The van der Waals surface area contributed by atoms with Crippen molar-refractivity contribution in [3.63, 3.8) is 0 Å². The number of carbonyl (C=O) groups is 2. The molecule has 11 heavy (non-hydrogen) atoms. The molecule has 2 aliphatic rings. The second kappa shape index (κ2) is 2.08. The zero-order valence-electron chi connectivity index (χ0n) is 5.79. The molecule has 1 heterocycles. The molecule has 0 spiro atoms. The van der Waals surface area contributed by atoms with Crippen molar-refractivity contribution in [2.45, 2.75) is 18.9 Å². The predicted octanol–water partition coefficient (Wildman–Crippen LogP) is 0.342. The van der Waals surface area contributed by atoms with Crippen LogP contribution in [-0.2, 0) is 9.53 Å². The first kappa shape index (κ1) is 6.39. The fraction of sp³-hybridized carbons (Fsp3) is 0.429. The van der Waals surface area contributed by atoms with E-state index in [1.807, 2.05) is 0 Å². The van der Waals surface area contributed by atoms with Crippen molar-refractivity contribution < 1.29 is 14.3 Å². The highest BCUT2D eigenvalue weighted by atomic mass is 16.6. The molecule has 0 aromatic heterocycles. The number of hydrogen-bond acceptors (Lipinski definition) is 3. The fourth-order valence-electron chi connectivity index (χ4n) is 1.28. The van der Waals surface area contributed by atoms with E-state index in [9.17, 15) is 9.59 Å². The largest absolute Gasteiger partial charge is 0.413 e. The van der Waals surface area contributed by atoms with E-state index in [1.54, 1.807) is 6.08 Å². The number of Topliss-reactive ketones (excluding diaryl/α,β-unsaturated/α-hetero) is 1. The third kappa shape index (κ3) is 1.00. The first-order valence-electron chi connectivity index (χ1n) is 3.46. The number of ketones is 1. The number of nitrogens with one attached hydrogen (secondary N) is 1. The summed E-state index contributed by atoms with van der Waals surface area (Å²) in [5.74, 6) is 0.749. The second-order valence-electron chi connectivity index (χ2n) is 2.64. The van der Waals surface area contributed by atoms with Crippen LogP contribution in [0.4, 0.5) is 4.79 Å². The monoisotopic (exact) mass is 153 g/mol. The van der Waals surface area contributed by atoms with Crippen molar-refractivity contribution in [1.82, 2.24) is 5.32 Å². The molecule has 0 aromatic carbocycles. The molecule has 4 heteroatoms. The fourth-order valence-corrected chi connectivity index (χ4v) is 1.28. The van der Waals surface area contributed by atoms with E-state index in [2.05, 4.69) is 5.32 Å². The van der Waals surface area contributed by atoms with Crippen LogP contribution in [-0.4, -0.2) is 17.9 Å². The Morgan fingerprint density at radius 1 is 1.55 bits per heavy atom. The SMILES string of the molecule is O=C1CC=C2OC(=O)NC2C1. The van der Waals surface area contributed by atoms with E-state index in [0.717, 1.165) is 0 Å². The maximum absolute atomic E-state index is 10.9. The van der Waals surface area contributed by atoms with Gasteiger partial charge in [-0.1, -0.05) is 0 Å². The van der Waals surface area contributed by atoms with Crippen LogP contribution in [0.25, 0.3) is 0 Å². The van der Waals surface area contributed by atoms with Crippen LogP contribution in [0.2, 0.25) is 0 Å². The van der Waals surface area contributed by atoms with Crippen molar-refractivity contribution in [1.29, 1.82) is 0 Å². The third-order valence-corrected chi connectivity index (χ3v) is 1.81. The van der Waals surface area contributed by atoms with Gasteiger partial charge in [0, 0.05) is 12.8 Å². The van der Waals surface area contributed by atoms with Crippen LogP contribution >= 0.6 is 0 Å². The lowest BCUT2D eigenvalue weighted by Gasteiger charge is -2.11. The number of alkyl carbamates (subject to hydrolysis) is 1. The topological polar surface area (TPSA) is 55.4 Å². The van der Waals surface area contributed by atoms with Crippen LogP contribution in [0.3, 0.4) is 0 Å². The predicted molar refractivity (Wildman–Crippen MR) is 35.7 cm³/mol. The Morgan fingerprint density at radius 3 is 3.18 bits per heavy atom. The first-order chi connectivity index (χ1) is 5.25. The van der Waals surface area contributed by atoms with Gasteiger partial charge >= 0.3 is 6.09 Å². The summed E-state index contributed by atoms with van der Waals surface area (Å²) < 4.78 is 4.77. The summed E-state index contributed by atoms with van der Waals surface area (Å²) in [7, 11) is 0. The van der Waals surface area contributed by atoms with Crippen molar-refractivity contribution in [2.24, 2.45) is 0 Å². The quantitative estimate of drug-likeness (QED) is 0.546. The number of hydrogen-bond donors (Lipinski definition) is 1. The maximum Gasteiger partial charge on any atom is 0.412 e. The minimum atomic E-state index is -0.448. The Bertz CT molecular complexity index is 254. The number of ether oxygens (including phenoxy) is 1. The zero-order chi connectivity index (χ0) is 7.84. The van der Waals surface area contributed by atoms with Gasteiger partial charge in [-0.15, -0.1) is 0 Å². The summed E-state index contributed by atoms with van der Waals surface area (Å²) in [5, 5.41) is 2.54. The average molecular weight is 153 g/mol. The maximum atomic E-state index is 10.9. The lowest BCUT2D eigenvalue weighted by Crippen LogP contribution is -2.29. The first-order valence-corrected chi connectivity index (χ1v) is 3.46. The Labute approximate surface area is 63.2 Å². The minimum absolute atomic E-state index is 0.143. The third-order valence-electron chi connectivity index (χ3n) is 1.81. The van der Waals surface area contributed by atoms with E-state index in [0.29, 0.717) is 18.6 Å². The number of allylic oxidation sites excluding steroid dienone is 1. The molecule has 0 aromatic rings. The van der Waals surface area contributed by atoms with E-state index in [-0.39, 0.29) is 11.8 Å². The highest BCUT2D eigenvalue weighted by molar-refractivity contribution is 5.85. The number of rotatable bonds is 0. The molecule has 0 saturated carbocycles. The lowest BCUT2D eigenvalue weighted by molar-refractivity contribution is -0.118. The summed E-state index contributed by atoms with van der Waals surface area (Å²) in [6, 6.07) is -0.191. The Hall–Kier alpha value is -1.32. The molecule has 1 saturated heterocycles. The summed E-state index contributed by atoms with van der Waals surface area (Å²) >= 11 is 0. The van der Waals surface area contributed by atoms with Crippen molar-refractivity contribution >= 4 is 11.9 Å². The van der Waals surface area contributed by atoms with E-state index >= 15 is 0 Å². The van der Waals surface area contributed by atoms with Gasteiger partial charge in [0.2, 0.25) is 0 Å². The average Bonchev–Trinajstić information content (AvgIpc) is 2.27. The van der Waals surface area contributed by atoms with Crippen molar-refractivity contribution in [2.75, 3.05) is 0 Å². The van der Waals surface area contributed by atoms with Gasteiger partial charge < -0.3 is 10.1 Å². The van der Waals surface area contributed by atoms with E-state index < -0.39 is 6.09 Å². The molecule has 1 atom stereocenters. The molecule has 58 valence electrons. The second-order valence-corrected chi connectivity index (χ2v) is 2.64. The van der Waals surface area contributed by atoms with Crippen molar-refractivity contribution in [3.8, 4) is 0 Å². The number of amides is 1. The standard InChI is InChI=1S/C7H7NO3/c9-4-1-2-6-5(3-4)8-7(10)11-6/h2,5H,1,3H2,(H,8,10). The van der Waals surface area contributed by atoms with Gasteiger partial charge in [-0.05, 0) is 6.08 Å². The molecule has 1 aliphatic heterocycles. The summed E-state index contributed by atoms with van der Waals surface area (Å²) in [5.41, 5.74) is 0. The molecule has 1 amide bonds. The van der Waals surface area contributed by atoms with Crippen LogP contribution in [0.15, 0.2) is 11.8 Å². The van der Waals surface area contributed by atoms with E-state index in [1.165, 1.54) is 0 Å². The Morgan fingerprint density at radius 2 is 2.36 bits per heavy atom. The summed E-state index contributed by atoms with van der Waals surface area (Å²) in [6.07, 6.45) is 1.98. The molecule has 1 unspecified atom stereocenters. The minimum Gasteiger partial charge on any atom is -0.413 e. The zero-order valence-corrected chi connectivity index (χ0v) is 5.79.